The number of H-pyrrole nitrogens is 1. The fourth-order valence-electron chi connectivity index (χ4n) is 1.26. The lowest BCUT2D eigenvalue weighted by atomic mass is 10.4. The molecule has 4 nitrogen and oxygen atoms in total. The quantitative estimate of drug-likeness (QED) is 0.662. The molecule has 1 fully saturated rings. The van der Waals surface area contributed by atoms with Gasteiger partial charge in [-0.25, -0.2) is 0 Å². The van der Waals surface area contributed by atoms with Gasteiger partial charge in [-0.3, -0.25) is 5.10 Å². The second kappa shape index (κ2) is 3.33. The summed E-state index contributed by atoms with van der Waals surface area (Å²) in [5, 5.41) is 6.64. The van der Waals surface area contributed by atoms with Crippen LogP contribution in [-0.2, 0) is 4.74 Å². The van der Waals surface area contributed by atoms with Gasteiger partial charge in [-0.2, -0.15) is 5.10 Å². The number of aromatic amines is 1. The molecular formula is C7H10ClN3O. The highest BCUT2D eigenvalue weighted by molar-refractivity contribution is 6.20. The minimum absolute atomic E-state index is 0.200. The van der Waals surface area contributed by atoms with E-state index in [1.165, 1.54) is 0 Å². The molecule has 1 N–H and O–H groups in total. The van der Waals surface area contributed by atoms with Gasteiger partial charge in [0, 0.05) is 12.7 Å². The van der Waals surface area contributed by atoms with E-state index in [0.29, 0.717) is 6.61 Å². The van der Waals surface area contributed by atoms with Crippen LogP contribution in [0, 0.1) is 0 Å². The van der Waals surface area contributed by atoms with E-state index < -0.39 is 0 Å². The van der Waals surface area contributed by atoms with Crippen molar-refractivity contribution in [3.63, 3.8) is 0 Å². The molecule has 12 heavy (non-hydrogen) atoms. The van der Waals surface area contributed by atoms with Gasteiger partial charge >= 0.3 is 0 Å². The molecule has 0 radical (unpaired) electrons. The number of aromatic nitrogens is 2. The Labute approximate surface area is 75.5 Å². The van der Waals surface area contributed by atoms with Gasteiger partial charge in [0.1, 0.15) is 5.56 Å². The second-order valence-electron chi connectivity index (χ2n) is 2.68. The molecule has 0 bridgehead atoms. The third kappa shape index (κ3) is 1.54. The van der Waals surface area contributed by atoms with E-state index in [-0.39, 0.29) is 5.56 Å². The molecule has 1 unspecified atom stereocenters. The summed E-state index contributed by atoms with van der Waals surface area (Å²) in [5.74, 6) is 0. The van der Waals surface area contributed by atoms with Gasteiger partial charge in [-0.1, -0.05) is 11.6 Å². The highest BCUT2D eigenvalue weighted by atomic mass is 35.5. The third-order valence-electron chi connectivity index (χ3n) is 1.87. The van der Waals surface area contributed by atoms with E-state index in [1.807, 2.05) is 6.20 Å². The van der Waals surface area contributed by atoms with Crippen LogP contribution < -0.4 is 4.90 Å². The van der Waals surface area contributed by atoms with E-state index in [4.69, 9.17) is 16.3 Å². The Kier molecular flexibility index (Phi) is 2.19. The molecule has 2 heterocycles. The Morgan fingerprint density at radius 3 is 3.33 bits per heavy atom. The van der Waals surface area contributed by atoms with Crippen molar-refractivity contribution in [3.05, 3.63) is 12.4 Å². The summed E-state index contributed by atoms with van der Waals surface area (Å²) < 4.78 is 5.20. The SMILES string of the molecule is ClC1CN(c2cn[nH]c2)CCO1. The lowest BCUT2D eigenvalue weighted by molar-refractivity contribution is 0.0934. The molecule has 0 amide bonds. The molecule has 0 aliphatic carbocycles. The number of ether oxygens (including phenoxy) is 1. The maximum absolute atomic E-state index is 5.83. The molecule has 1 aromatic rings. The van der Waals surface area contributed by atoms with Crippen LogP contribution in [0.1, 0.15) is 0 Å². The minimum Gasteiger partial charge on any atom is -0.363 e. The fraction of sp³-hybridized carbons (Fsp3) is 0.571. The molecule has 1 atom stereocenters. The van der Waals surface area contributed by atoms with Crippen molar-refractivity contribution in [2.24, 2.45) is 0 Å². The van der Waals surface area contributed by atoms with Crippen LogP contribution in [0.4, 0.5) is 5.69 Å². The molecule has 1 saturated heterocycles. The number of hydrogen-bond acceptors (Lipinski definition) is 3. The van der Waals surface area contributed by atoms with E-state index in [2.05, 4.69) is 15.1 Å². The molecule has 1 aromatic heterocycles. The number of halogens is 1. The first-order valence-corrected chi connectivity index (χ1v) is 4.29. The molecule has 0 aromatic carbocycles. The molecule has 2 rings (SSSR count). The summed E-state index contributed by atoms with van der Waals surface area (Å²) in [4.78, 5) is 2.14. The van der Waals surface area contributed by atoms with Crippen LogP contribution in [0.15, 0.2) is 12.4 Å². The predicted octanol–water partition coefficient (Wildman–Crippen LogP) is 0.811. The van der Waals surface area contributed by atoms with Crippen molar-refractivity contribution in [2.75, 3.05) is 24.6 Å². The van der Waals surface area contributed by atoms with Gasteiger partial charge in [0.2, 0.25) is 0 Å². The van der Waals surface area contributed by atoms with Crippen molar-refractivity contribution in [2.45, 2.75) is 5.56 Å². The van der Waals surface area contributed by atoms with Crippen molar-refractivity contribution < 1.29 is 4.74 Å². The largest absolute Gasteiger partial charge is 0.363 e. The topological polar surface area (TPSA) is 41.2 Å². The van der Waals surface area contributed by atoms with Crippen molar-refractivity contribution in [1.82, 2.24) is 10.2 Å². The van der Waals surface area contributed by atoms with Crippen LogP contribution in [0.25, 0.3) is 0 Å². The summed E-state index contributed by atoms with van der Waals surface area (Å²) >= 11 is 5.83. The van der Waals surface area contributed by atoms with Crippen LogP contribution in [0.3, 0.4) is 0 Å². The Bertz CT molecular complexity index is 239. The van der Waals surface area contributed by atoms with Gasteiger partial charge in [-0.05, 0) is 0 Å². The van der Waals surface area contributed by atoms with Gasteiger partial charge in [0.05, 0.1) is 25.0 Å². The van der Waals surface area contributed by atoms with Gasteiger partial charge in [0.25, 0.3) is 0 Å². The maximum atomic E-state index is 5.83. The van der Waals surface area contributed by atoms with Crippen LogP contribution in [0.5, 0.6) is 0 Å². The molecular weight excluding hydrogens is 178 g/mol. The lowest BCUT2D eigenvalue weighted by Crippen LogP contribution is -2.39. The smallest absolute Gasteiger partial charge is 0.148 e. The van der Waals surface area contributed by atoms with Crippen molar-refractivity contribution >= 4 is 17.3 Å². The zero-order chi connectivity index (χ0) is 8.39. The molecule has 5 heteroatoms. The number of hydrogen-bond donors (Lipinski definition) is 1. The van der Waals surface area contributed by atoms with Gasteiger partial charge in [-0.15, -0.1) is 0 Å². The second-order valence-corrected chi connectivity index (χ2v) is 3.17. The van der Waals surface area contributed by atoms with E-state index in [9.17, 15) is 0 Å². The number of anilines is 1. The summed E-state index contributed by atoms with van der Waals surface area (Å²) in [7, 11) is 0. The summed E-state index contributed by atoms with van der Waals surface area (Å²) in [6.45, 7) is 2.28. The first-order chi connectivity index (χ1) is 5.86. The van der Waals surface area contributed by atoms with Crippen LogP contribution in [0.2, 0.25) is 0 Å². The van der Waals surface area contributed by atoms with Crippen LogP contribution in [-0.4, -0.2) is 35.5 Å². The number of alkyl halides is 1. The summed E-state index contributed by atoms with van der Waals surface area (Å²) in [5.41, 5.74) is 0.873. The number of nitrogens with one attached hydrogen (secondary N) is 1. The number of morpholine rings is 1. The van der Waals surface area contributed by atoms with Gasteiger partial charge in [0.15, 0.2) is 0 Å². The first kappa shape index (κ1) is 7.89. The summed E-state index contributed by atoms with van der Waals surface area (Å²) in [6.07, 6.45) is 3.64. The average molecular weight is 188 g/mol. The van der Waals surface area contributed by atoms with E-state index >= 15 is 0 Å². The van der Waals surface area contributed by atoms with Gasteiger partial charge < -0.3 is 9.64 Å². The highest BCUT2D eigenvalue weighted by Crippen LogP contribution is 2.16. The van der Waals surface area contributed by atoms with Crippen molar-refractivity contribution in [1.29, 1.82) is 0 Å². The summed E-state index contributed by atoms with van der Waals surface area (Å²) in [6, 6.07) is 0. The molecule has 66 valence electrons. The normalized spacial score (nSPS) is 24.4. The lowest BCUT2D eigenvalue weighted by Gasteiger charge is -2.30. The first-order valence-electron chi connectivity index (χ1n) is 3.85. The maximum Gasteiger partial charge on any atom is 0.148 e. The molecule has 0 spiro atoms. The Morgan fingerprint density at radius 2 is 2.67 bits per heavy atom. The Morgan fingerprint density at radius 1 is 1.75 bits per heavy atom. The fourth-order valence-corrected chi connectivity index (χ4v) is 1.52. The standard InChI is InChI=1S/C7H10ClN3O/c8-7-5-11(1-2-12-7)6-3-9-10-4-6/h3-4,7H,1-2,5H2,(H,9,10). The highest BCUT2D eigenvalue weighted by Gasteiger charge is 2.18. The Hall–Kier alpha value is -0.740. The average Bonchev–Trinajstić information content (AvgIpc) is 2.56. The van der Waals surface area contributed by atoms with E-state index in [1.54, 1.807) is 6.20 Å². The third-order valence-corrected chi connectivity index (χ3v) is 2.14. The monoisotopic (exact) mass is 187 g/mol. The van der Waals surface area contributed by atoms with E-state index in [0.717, 1.165) is 18.8 Å². The molecule has 1 aliphatic rings. The molecule has 0 saturated carbocycles. The van der Waals surface area contributed by atoms with Crippen LogP contribution >= 0.6 is 11.6 Å². The molecule has 1 aliphatic heterocycles. The number of rotatable bonds is 1. The zero-order valence-corrected chi connectivity index (χ0v) is 7.29. The van der Waals surface area contributed by atoms with Crippen molar-refractivity contribution in [3.8, 4) is 0 Å². The zero-order valence-electron chi connectivity index (χ0n) is 6.53. The predicted molar refractivity (Wildman–Crippen MR) is 46.4 cm³/mol. The Balaban J connectivity index is 2.04. The minimum atomic E-state index is -0.200. The number of nitrogens with zero attached hydrogens (tertiary/aromatic N) is 2.